The van der Waals surface area contributed by atoms with Gasteiger partial charge in [0.15, 0.2) is 11.5 Å². The summed E-state index contributed by atoms with van der Waals surface area (Å²) in [6, 6.07) is 9.56. The Balaban J connectivity index is 2.00. The van der Waals surface area contributed by atoms with E-state index in [0.29, 0.717) is 29.7 Å². The number of benzene rings is 1. The van der Waals surface area contributed by atoms with Gasteiger partial charge in [0.05, 0.1) is 18.7 Å². The smallest absolute Gasteiger partial charge is 0.179 e. The van der Waals surface area contributed by atoms with Gasteiger partial charge in [0.1, 0.15) is 5.82 Å². The van der Waals surface area contributed by atoms with Crippen LogP contribution in [0.3, 0.4) is 0 Å². The van der Waals surface area contributed by atoms with Crippen LogP contribution in [0.2, 0.25) is 5.02 Å². The molecule has 1 N–H and O–H groups in total. The van der Waals surface area contributed by atoms with Crippen molar-refractivity contribution >= 4 is 17.4 Å². The number of anilines is 1. The van der Waals surface area contributed by atoms with Crippen molar-refractivity contribution < 1.29 is 9.47 Å². The number of rotatable bonds is 9. The molecule has 130 valence electrons. The van der Waals surface area contributed by atoms with Gasteiger partial charge in [-0.1, -0.05) is 17.7 Å². The summed E-state index contributed by atoms with van der Waals surface area (Å²) >= 11 is 6.38. The Hall–Kier alpha value is -1.98. The molecule has 0 aliphatic carbocycles. The number of halogens is 1. The summed E-state index contributed by atoms with van der Waals surface area (Å²) in [4.78, 5) is 6.36. The molecule has 2 rings (SSSR count). The van der Waals surface area contributed by atoms with Gasteiger partial charge >= 0.3 is 0 Å². The van der Waals surface area contributed by atoms with Crippen LogP contribution in [-0.2, 0) is 6.54 Å². The van der Waals surface area contributed by atoms with Crippen molar-refractivity contribution in [2.75, 3.05) is 39.7 Å². The SMILES string of the molecule is COc1cc(CNc2ccccn2)cc(Cl)c1OCCCN(C)C. The molecule has 0 aliphatic rings. The molecule has 0 radical (unpaired) electrons. The molecular formula is C18H24ClN3O2. The second-order valence-corrected chi connectivity index (χ2v) is 6.09. The monoisotopic (exact) mass is 349 g/mol. The van der Waals surface area contributed by atoms with Crippen LogP contribution in [0.5, 0.6) is 11.5 Å². The third-order valence-electron chi connectivity index (χ3n) is 3.42. The molecule has 0 bridgehead atoms. The minimum atomic E-state index is 0.553. The first-order valence-electron chi connectivity index (χ1n) is 7.89. The molecule has 0 aliphatic heterocycles. The highest BCUT2D eigenvalue weighted by Gasteiger charge is 2.12. The predicted octanol–water partition coefficient (Wildman–Crippen LogP) is 3.69. The van der Waals surface area contributed by atoms with Gasteiger partial charge in [-0.3, -0.25) is 0 Å². The normalized spacial score (nSPS) is 10.7. The topological polar surface area (TPSA) is 46.6 Å². The highest BCUT2D eigenvalue weighted by Crippen LogP contribution is 2.36. The van der Waals surface area contributed by atoms with Crippen LogP contribution in [-0.4, -0.2) is 44.2 Å². The summed E-state index contributed by atoms with van der Waals surface area (Å²) in [5.41, 5.74) is 1.00. The Bertz CT molecular complexity index is 636. The third kappa shape index (κ3) is 5.58. The zero-order chi connectivity index (χ0) is 17.4. The number of aromatic nitrogens is 1. The average Bonchev–Trinajstić information content (AvgIpc) is 2.58. The van der Waals surface area contributed by atoms with Gasteiger partial charge in [0.25, 0.3) is 0 Å². The lowest BCUT2D eigenvalue weighted by atomic mass is 10.2. The van der Waals surface area contributed by atoms with Crippen LogP contribution >= 0.6 is 11.6 Å². The van der Waals surface area contributed by atoms with Crippen LogP contribution in [0.4, 0.5) is 5.82 Å². The summed E-state index contributed by atoms with van der Waals surface area (Å²) in [6.45, 7) is 2.17. The van der Waals surface area contributed by atoms with Crippen LogP contribution in [0.1, 0.15) is 12.0 Å². The van der Waals surface area contributed by atoms with E-state index in [1.165, 1.54) is 0 Å². The van der Waals surface area contributed by atoms with Gasteiger partial charge in [-0.2, -0.15) is 0 Å². The van der Waals surface area contributed by atoms with E-state index in [0.717, 1.165) is 24.3 Å². The lowest BCUT2D eigenvalue weighted by molar-refractivity contribution is 0.268. The molecule has 0 atom stereocenters. The van der Waals surface area contributed by atoms with Crippen molar-refractivity contribution in [1.29, 1.82) is 0 Å². The van der Waals surface area contributed by atoms with E-state index < -0.39 is 0 Å². The van der Waals surface area contributed by atoms with Crippen LogP contribution < -0.4 is 14.8 Å². The largest absolute Gasteiger partial charge is 0.493 e. The standard InChI is InChI=1S/C18H24ClN3O2/c1-22(2)9-6-10-24-18-15(19)11-14(12-16(18)23-3)13-21-17-7-4-5-8-20-17/h4-5,7-8,11-12H,6,9-10,13H2,1-3H3,(H,20,21). The first-order valence-corrected chi connectivity index (χ1v) is 8.27. The van der Waals surface area contributed by atoms with Crippen LogP contribution in [0.25, 0.3) is 0 Å². The van der Waals surface area contributed by atoms with Crippen molar-refractivity contribution in [3.8, 4) is 11.5 Å². The van der Waals surface area contributed by atoms with Gasteiger partial charge in [-0.05, 0) is 50.3 Å². The van der Waals surface area contributed by atoms with Gasteiger partial charge < -0.3 is 19.7 Å². The fraction of sp³-hybridized carbons (Fsp3) is 0.389. The fourth-order valence-electron chi connectivity index (χ4n) is 2.23. The highest BCUT2D eigenvalue weighted by molar-refractivity contribution is 6.32. The molecule has 0 unspecified atom stereocenters. The van der Waals surface area contributed by atoms with Gasteiger partial charge in [0.2, 0.25) is 0 Å². The van der Waals surface area contributed by atoms with E-state index in [2.05, 4.69) is 15.2 Å². The molecule has 0 spiro atoms. The Kier molecular flexibility index (Phi) is 7.15. The van der Waals surface area contributed by atoms with Gasteiger partial charge in [0, 0.05) is 19.3 Å². The number of pyridine rings is 1. The molecule has 0 saturated carbocycles. The zero-order valence-corrected chi connectivity index (χ0v) is 15.1. The summed E-state index contributed by atoms with van der Waals surface area (Å²) in [5.74, 6) is 2.06. The fourth-order valence-corrected chi connectivity index (χ4v) is 2.52. The number of methoxy groups -OCH3 is 1. The second-order valence-electron chi connectivity index (χ2n) is 5.68. The third-order valence-corrected chi connectivity index (χ3v) is 3.70. The molecule has 0 fully saturated rings. The quantitative estimate of drug-likeness (QED) is 0.700. The summed E-state index contributed by atoms with van der Waals surface area (Å²) in [7, 11) is 5.70. The molecular weight excluding hydrogens is 326 g/mol. The van der Waals surface area contributed by atoms with E-state index in [1.54, 1.807) is 13.3 Å². The van der Waals surface area contributed by atoms with Crippen molar-refractivity contribution in [2.45, 2.75) is 13.0 Å². The number of hydrogen-bond acceptors (Lipinski definition) is 5. The zero-order valence-electron chi connectivity index (χ0n) is 14.4. The maximum Gasteiger partial charge on any atom is 0.179 e. The first kappa shape index (κ1) is 18.4. The van der Waals surface area contributed by atoms with Gasteiger partial charge in [-0.25, -0.2) is 4.98 Å². The van der Waals surface area contributed by atoms with Crippen LogP contribution in [0.15, 0.2) is 36.5 Å². The summed E-state index contributed by atoms with van der Waals surface area (Å²) in [5, 5.41) is 3.80. The minimum absolute atomic E-state index is 0.553. The van der Waals surface area contributed by atoms with E-state index in [-0.39, 0.29) is 0 Å². The molecule has 0 amide bonds. The molecule has 1 heterocycles. The van der Waals surface area contributed by atoms with Crippen LogP contribution in [0, 0.1) is 0 Å². The van der Waals surface area contributed by atoms with E-state index in [9.17, 15) is 0 Å². The number of nitrogens with one attached hydrogen (secondary N) is 1. The summed E-state index contributed by atoms with van der Waals surface area (Å²) in [6.07, 6.45) is 2.68. The van der Waals surface area contributed by atoms with Gasteiger partial charge in [-0.15, -0.1) is 0 Å². The molecule has 6 heteroatoms. The number of nitrogens with zero attached hydrogens (tertiary/aromatic N) is 2. The molecule has 2 aromatic rings. The number of hydrogen-bond donors (Lipinski definition) is 1. The Labute approximate surface area is 148 Å². The Morgan fingerprint density at radius 2 is 2.08 bits per heavy atom. The van der Waals surface area contributed by atoms with Crippen molar-refractivity contribution in [3.63, 3.8) is 0 Å². The molecule has 0 saturated heterocycles. The summed E-state index contributed by atoms with van der Waals surface area (Å²) < 4.78 is 11.2. The Morgan fingerprint density at radius 3 is 2.75 bits per heavy atom. The van der Waals surface area contributed by atoms with Crippen molar-refractivity contribution in [1.82, 2.24) is 9.88 Å². The maximum absolute atomic E-state index is 6.38. The first-order chi connectivity index (χ1) is 11.6. The number of ether oxygens (including phenoxy) is 2. The predicted molar refractivity (Wildman–Crippen MR) is 98.2 cm³/mol. The average molecular weight is 350 g/mol. The van der Waals surface area contributed by atoms with E-state index in [4.69, 9.17) is 21.1 Å². The lowest BCUT2D eigenvalue weighted by Gasteiger charge is -2.15. The Morgan fingerprint density at radius 1 is 1.25 bits per heavy atom. The molecule has 5 nitrogen and oxygen atoms in total. The van der Waals surface area contributed by atoms with Crippen molar-refractivity contribution in [2.24, 2.45) is 0 Å². The molecule has 24 heavy (non-hydrogen) atoms. The van der Waals surface area contributed by atoms with Crippen molar-refractivity contribution in [3.05, 3.63) is 47.1 Å². The maximum atomic E-state index is 6.38. The molecule has 1 aromatic heterocycles. The van der Waals surface area contributed by atoms with E-state index >= 15 is 0 Å². The highest BCUT2D eigenvalue weighted by atomic mass is 35.5. The molecule has 1 aromatic carbocycles. The second kappa shape index (κ2) is 9.35. The van der Waals surface area contributed by atoms with E-state index in [1.807, 2.05) is 44.4 Å². The lowest BCUT2D eigenvalue weighted by Crippen LogP contribution is -2.15. The minimum Gasteiger partial charge on any atom is -0.493 e.